The molecule has 0 aromatic carbocycles. The highest BCUT2D eigenvalue weighted by Crippen LogP contribution is 2.14. The van der Waals surface area contributed by atoms with Crippen LogP contribution in [0, 0.1) is 0 Å². The molecule has 2 N–H and O–H groups in total. The summed E-state index contributed by atoms with van der Waals surface area (Å²) in [6.07, 6.45) is -1.32. The van der Waals surface area contributed by atoms with Crippen LogP contribution in [0.5, 0.6) is 0 Å². The van der Waals surface area contributed by atoms with E-state index < -0.39 is 36.1 Å². The second kappa shape index (κ2) is 9.73. The van der Waals surface area contributed by atoms with E-state index in [1.165, 1.54) is 13.8 Å². The fourth-order valence-corrected chi connectivity index (χ4v) is 1.84. The molecule has 21 heavy (non-hydrogen) atoms. The normalized spacial score (nSPS) is 13.0. The first-order valence-corrected chi connectivity index (χ1v) is 6.48. The maximum Gasteiger partial charge on any atom is 0.307 e. The standard InChI is InChI=1S/C13H20O8/c1-8(14)20-10(6-12(16)17)4-3-5-11(7-13(18)19)21-9(2)15/h10-11H,3-7H2,1-2H3,(H,16,17)(H,18,19). The van der Waals surface area contributed by atoms with E-state index in [1.807, 2.05) is 0 Å². The first-order valence-electron chi connectivity index (χ1n) is 6.48. The molecule has 0 aliphatic carbocycles. The van der Waals surface area contributed by atoms with Gasteiger partial charge in [0.25, 0.3) is 0 Å². The van der Waals surface area contributed by atoms with Crippen molar-refractivity contribution >= 4 is 23.9 Å². The van der Waals surface area contributed by atoms with Crippen molar-refractivity contribution in [3.63, 3.8) is 0 Å². The fraction of sp³-hybridized carbons (Fsp3) is 0.692. The summed E-state index contributed by atoms with van der Waals surface area (Å²) in [5.41, 5.74) is 0. The molecule has 0 heterocycles. The van der Waals surface area contributed by atoms with Crippen LogP contribution in [-0.4, -0.2) is 46.3 Å². The van der Waals surface area contributed by atoms with Crippen molar-refractivity contribution in [1.82, 2.24) is 0 Å². The minimum Gasteiger partial charge on any atom is -0.481 e. The van der Waals surface area contributed by atoms with Gasteiger partial charge in [-0.05, 0) is 19.3 Å². The number of carbonyl (C=O) groups excluding carboxylic acids is 2. The summed E-state index contributed by atoms with van der Waals surface area (Å²) in [7, 11) is 0. The number of hydrogen-bond donors (Lipinski definition) is 2. The van der Waals surface area contributed by atoms with Crippen LogP contribution in [0.4, 0.5) is 0 Å². The Kier molecular flexibility index (Phi) is 8.75. The van der Waals surface area contributed by atoms with Gasteiger partial charge < -0.3 is 19.7 Å². The molecule has 0 radical (unpaired) electrons. The molecule has 0 amide bonds. The molecular formula is C13H20O8. The van der Waals surface area contributed by atoms with Gasteiger partial charge in [-0.15, -0.1) is 0 Å². The second-order valence-electron chi connectivity index (χ2n) is 4.59. The molecule has 0 saturated heterocycles. The Morgan fingerprint density at radius 3 is 1.38 bits per heavy atom. The molecule has 8 nitrogen and oxygen atoms in total. The van der Waals surface area contributed by atoms with Crippen molar-refractivity contribution in [2.75, 3.05) is 0 Å². The molecule has 2 atom stereocenters. The third-order valence-corrected chi connectivity index (χ3v) is 2.52. The molecule has 0 fully saturated rings. The summed E-state index contributed by atoms with van der Waals surface area (Å²) in [5.74, 6) is -3.35. The van der Waals surface area contributed by atoms with Gasteiger partial charge in [0, 0.05) is 13.8 Å². The largest absolute Gasteiger partial charge is 0.481 e. The van der Waals surface area contributed by atoms with E-state index >= 15 is 0 Å². The maximum atomic E-state index is 10.9. The Morgan fingerprint density at radius 1 is 0.810 bits per heavy atom. The lowest BCUT2D eigenvalue weighted by Gasteiger charge is -2.18. The SMILES string of the molecule is CC(=O)OC(CCCC(CC(=O)O)OC(C)=O)CC(=O)O. The van der Waals surface area contributed by atoms with Gasteiger partial charge in [-0.1, -0.05) is 0 Å². The molecule has 8 heteroatoms. The predicted molar refractivity (Wildman–Crippen MR) is 69.5 cm³/mol. The Morgan fingerprint density at radius 2 is 1.14 bits per heavy atom. The first-order chi connectivity index (χ1) is 9.70. The van der Waals surface area contributed by atoms with Crippen molar-refractivity contribution in [2.45, 2.75) is 58.2 Å². The van der Waals surface area contributed by atoms with Crippen LogP contribution in [0.15, 0.2) is 0 Å². The van der Waals surface area contributed by atoms with E-state index in [0.29, 0.717) is 6.42 Å². The average Bonchev–Trinajstić information content (AvgIpc) is 2.24. The zero-order chi connectivity index (χ0) is 16.4. The van der Waals surface area contributed by atoms with Gasteiger partial charge >= 0.3 is 23.9 Å². The van der Waals surface area contributed by atoms with Gasteiger partial charge in [0.1, 0.15) is 12.2 Å². The van der Waals surface area contributed by atoms with Crippen LogP contribution >= 0.6 is 0 Å². The van der Waals surface area contributed by atoms with Gasteiger partial charge in [-0.2, -0.15) is 0 Å². The molecule has 0 saturated carbocycles. The Hall–Kier alpha value is -2.12. The average molecular weight is 304 g/mol. The third kappa shape index (κ3) is 11.4. The van der Waals surface area contributed by atoms with Crippen LogP contribution in [0.2, 0.25) is 0 Å². The Labute approximate surface area is 122 Å². The van der Waals surface area contributed by atoms with Crippen molar-refractivity contribution in [3.8, 4) is 0 Å². The van der Waals surface area contributed by atoms with Crippen LogP contribution in [0.3, 0.4) is 0 Å². The summed E-state index contributed by atoms with van der Waals surface area (Å²) >= 11 is 0. The third-order valence-electron chi connectivity index (χ3n) is 2.52. The summed E-state index contributed by atoms with van der Waals surface area (Å²) in [6, 6.07) is 0. The molecule has 0 aromatic rings. The van der Waals surface area contributed by atoms with Crippen molar-refractivity contribution < 1.29 is 38.9 Å². The lowest BCUT2D eigenvalue weighted by Crippen LogP contribution is -2.23. The van der Waals surface area contributed by atoms with Crippen LogP contribution in [0.1, 0.15) is 46.0 Å². The molecule has 2 unspecified atom stereocenters. The van der Waals surface area contributed by atoms with E-state index in [9.17, 15) is 19.2 Å². The number of esters is 2. The molecular weight excluding hydrogens is 284 g/mol. The number of rotatable bonds is 10. The summed E-state index contributed by atoms with van der Waals surface area (Å²) < 4.78 is 9.72. The van der Waals surface area contributed by atoms with Crippen molar-refractivity contribution in [2.24, 2.45) is 0 Å². The minimum absolute atomic E-state index is 0.253. The highest BCUT2D eigenvalue weighted by atomic mass is 16.5. The van der Waals surface area contributed by atoms with E-state index in [2.05, 4.69) is 0 Å². The van der Waals surface area contributed by atoms with E-state index in [-0.39, 0.29) is 25.7 Å². The van der Waals surface area contributed by atoms with Gasteiger partial charge in [0.05, 0.1) is 12.8 Å². The molecule has 120 valence electrons. The zero-order valence-corrected chi connectivity index (χ0v) is 12.0. The number of aliphatic carboxylic acids is 2. The summed E-state index contributed by atoms with van der Waals surface area (Å²) in [6.45, 7) is 2.36. The van der Waals surface area contributed by atoms with Crippen LogP contribution in [-0.2, 0) is 28.7 Å². The number of carboxylic acid groups (broad SMARTS) is 2. The topological polar surface area (TPSA) is 127 Å². The highest BCUT2D eigenvalue weighted by Gasteiger charge is 2.20. The lowest BCUT2D eigenvalue weighted by molar-refractivity contribution is -0.151. The van der Waals surface area contributed by atoms with Gasteiger partial charge in [0.2, 0.25) is 0 Å². The number of hydrogen-bond acceptors (Lipinski definition) is 6. The zero-order valence-electron chi connectivity index (χ0n) is 12.0. The molecule has 0 aliphatic heterocycles. The van der Waals surface area contributed by atoms with Gasteiger partial charge in [-0.25, -0.2) is 0 Å². The van der Waals surface area contributed by atoms with Crippen LogP contribution < -0.4 is 0 Å². The molecule has 0 aromatic heterocycles. The quantitative estimate of drug-likeness (QED) is 0.571. The number of carboxylic acids is 2. The smallest absolute Gasteiger partial charge is 0.307 e. The molecule has 0 aliphatic rings. The fourth-order valence-electron chi connectivity index (χ4n) is 1.84. The Balaban J connectivity index is 4.34. The predicted octanol–water partition coefficient (Wildman–Crippen LogP) is 0.969. The number of ether oxygens (including phenoxy) is 2. The maximum absolute atomic E-state index is 10.9. The van der Waals surface area contributed by atoms with E-state index in [0.717, 1.165) is 0 Å². The summed E-state index contributed by atoms with van der Waals surface area (Å²) in [4.78, 5) is 43.0. The molecule has 0 bridgehead atoms. The van der Waals surface area contributed by atoms with Gasteiger partial charge in [0.15, 0.2) is 0 Å². The second-order valence-corrected chi connectivity index (χ2v) is 4.59. The highest BCUT2D eigenvalue weighted by molar-refractivity contribution is 5.70. The van der Waals surface area contributed by atoms with Crippen LogP contribution in [0.25, 0.3) is 0 Å². The Bertz CT molecular complexity index is 322. The van der Waals surface area contributed by atoms with Crippen molar-refractivity contribution in [1.29, 1.82) is 0 Å². The first kappa shape index (κ1) is 18.9. The lowest BCUT2D eigenvalue weighted by atomic mass is 10.0. The summed E-state index contributed by atoms with van der Waals surface area (Å²) in [5, 5.41) is 17.4. The van der Waals surface area contributed by atoms with E-state index in [1.54, 1.807) is 0 Å². The molecule has 0 rings (SSSR count). The number of carbonyl (C=O) groups is 4. The minimum atomic E-state index is -1.09. The molecule has 0 spiro atoms. The monoisotopic (exact) mass is 304 g/mol. The van der Waals surface area contributed by atoms with Crippen molar-refractivity contribution in [3.05, 3.63) is 0 Å². The van der Waals surface area contributed by atoms with Gasteiger partial charge in [-0.3, -0.25) is 19.2 Å². The van der Waals surface area contributed by atoms with E-state index in [4.69, 9.17) is 19.7 Å².